The molecule has 1 unspecified atom stereocenters. The fourth-order valence-electron chi connectivity index (χ4n) is 2.87. The third-order valence-corrected chi connectivity index (χ3v) is 3.94. The Hall–Kier alpha value is -1.80. The molecule has 0 spiro atoms. The van der Waals surface area contributed by atoms with E-state index in [4.69, 9.17) is 4.74 Å². The van der Waals surface area contributed by atoms with E-state index < -0.39 is 0 Å². The fourth-order valence-corrected chi connectivity index (χ4v) is 2.87. The summed E-state index contributed by atoms with van der Waals surface area (Å²) in [5, 5.41) is 3.41. The minimum atomic E-state index is 0.406. The molecule has 1 N–H and O–H groups in total. The average molecular weight is 267 g/mol. The van der Waals surface area contributed by atoms with E-state index in [-0.39, 0.29) is 0 Å². The maximum absolute atomic E-state index is 5.85. The second-order valence-electron chi connectivity index (χ2n) is 5.37. The number of hydrogen-bond acceptors (Lipinski definition) is 2. The molecular weight excluding hydrogens is 246 g/mol. The summed E-state index contributed by atoms with van der Waals surface area (Å²) < 4.78 is 5.85. The van der Waals surface area contributed by atoms with Crippen LogP contribution in [0.15, 0.2) is 48.5 Å². The van der Waals surface area contributed by atoms with Crippen LogP contribution in [0.1, 0.15) is 35.6 Å². The molecule has 0 aromatic heterocycles. The first-order valence-corrected chi connectivity index (χ1v) is 7.33. The standard InChI is InChI=1S/C18H21NO/c1-19-17-8-5-11-20-18-10-9-15(13-16(17)18)12-14-6-3-2-4-7-14/h2-4,6-7,9-10,13,17,19H,5,8,11-12H2,1H3. The largest absolute Gasteiger partial charge is 0.493 e. The lowest BCUT2D eigenvalue weighted by molar-refractivity contribution is 0.315. The van der Waals surface area contributed by atoms with Gasteiger partial charge in [-0.3, -0.25) is 0 Å². The molecule has 3 rings (SSSR count). The molecule has 0 aliphatic carbocycles. The molecule has 104 valence electrons. The molecule has 1 heterocycles. The van der Waals surface area contributed by atoms with Crippen LogP contribution >= 0.6 is 0 Å². The van der Waals surface area contributed by atoms with Crippen molar-refractivity contribution in [3.8, 4) is 5.75 Å². The van der Waals surface area contributed by atoms with Gasteiger partial charge >= 0.3 is 0 Å². The number of nitrogens with one attached hydrogen (secondary N) is 1. The zero-order valence-electron chi connectivity index (χ0n) is 11.9. The van der Waals surface area contributed by atoms with Gasteiger partial charge < -0.3 is 10.1 Å². The summed E-state index contributed by atoms with van der Waals surface area (Å²) in [5.74, 6) is 1.04. The zero-order chi connectivity index (χ0) is 13.8. The van der Waals surface area contributed by atoms with Gasteiger partial charge in [0.2, 0.25) is 0 Å². The molecular formula is C18H21NO. The number of benzene rings is 2. The third kappa shape index (κ3) is 2.86. The first-order chi connectivity index (χ1) is 9.86. The molecule has 20 heavy (non-hydrogen) atoms. The van der Waals surface area contributed by atoms with Crippen molar-refractivity contribution in [1.82, 2.24) is 5.32 Å². The molecule has 2 heteroatoms. The van der Waals surface area contributed by atoms with Crippen molar-refractivity contribution >= 4 is 0 Å². The molecule has 0 radical (unpaired) electrons. The SMILES string of the molecule is CNC1CCCOc2ccc(Cc3ccccc3)cc21. The molecule has 0 saturated carbocycles. The Balaban J connectivity index is 1.89. The second kappa shape index (κ2) is 6.10. The van der Waals surface area contributed by atoms with Gasteiger partial charge in [0, 0.05) is 11.6 Å². The lowest BCUT2D eigenvalue weighted by Crippen LogP contribution is -2.15. The number of fused-ring (bicyclic) bond motifs is 1. The summed E-state index contributed by atoms with van der Waals surface area (Å²) in [6.07, 6.45) is 3.22. The highest BCUT2D eigenvalue weighted by molar-refractivity contribution is 5.41. The molecule has 1 aliphatic rings. The molecule has 0 saturated heterocycles. The highest BCUT2D eigenvalue weighted by Gasteiger charge is 2.18. The van der Waals surface area contributed by atoms with Crippen LogP contribution < -0.4 is 10.1 Å². The van der Waals surface area contributed by atoms with Gasteiger partial charge in [0.1, 0.15) is 5.75 Å². The van der Waals surface area contributed by atoms with Crippen LogP contribution in [0.3, 0.4) is 0 Å². The molecule has 2 aromatic carbocycles. The normalized spacial score (nSPS) is 17.9. The first-order valence-electron chi connectivity index (χ1n) is 7.33. The monoisotopic (exact) mass is 267 g/mol. The van der Waals surface area contributed by atoms with E-state index in [1.54, 1.807) is 0 Å². The lowest BCUT2D eigenvalue weighted by Gasteiger charge is -2.17. The number of ether oxygens (including phenoxy) is 1. The van der Waals surface area contributed by atoms with E-state index in [1.165, 1.54) is 16.7 Å². The Bertz CT molecular complexity index is 565. The zero-order valence-corrected chi connectivity index (χ0v) is 11.9. The van der Waals surface area contributed by atoms with E-state index in [0.717, 1.165) is 31.6 Å². The topological polar surface area (TPSA) is 21.3 Å². The van der Waals surface area contributed by atoms with E-state index >= 15 is 0 Å². The van der Waals surface area contributed by atoms with Crippen LogP contribution in [0.5, 0.6) is 5.75 Å². The summed E-state index contributed by atoms with van der Waals surface area (Å²) in [4.78, 5) is 0. The van der Waals surface area contributed by atoms with Crippen LogP contribution in [-0.4, -0.2) is 13.7 Å². The summed E-state index contributed by atoms with van der Waals surface area (Å²) in [6, 6.07) is 17.6. The van der Waals surface area contributed by atoms with Gasteiger partial charge in [0.05, 0.1) is 6.61 Å². The maximum atomic E-state index is 5.85. The maximum Gasteiger partial charge on any atom is 0.124 e. The van der Waals surface area contributed by atoms with Crippen LogP contribution in [0, 0.1) is 0 Å². The summed E-state index contributed by atoms with van der Waals surface area (Å²) >= 11 is 0. The Morgan fingerprint density at radius 1 is 1.10 bits per heavy atom. The van der Waals surface area contributed by atoms with Crippen molar-refractivity contribution in [3.63, 3.8) is 0 Å². The summed E-state index contributed by atoms with van der Waals surface area (Å²) in [7, 11) is 2.03. The van der Waals surface area contributed by atoms with E-state index in [0.29, 0.717) is 6.04 Å². The van der Waals surface area contributed by atoms with Gasteiger partial charge in [-0.05, 0) is 43.5 Å². The van der Waals surface area contributed by atoms with Gasteiger partial charge in [0.25, 0.3) is 0 Å². The van der Waals surface area contributed by atoms with E-state index in [1.807, 2.05) is 7.05 Å². The highest BCUT2D eigenvalue weighted by atomic mass is 16.5. The summed E-state index contributed by atoms with van der Waals surface area (Å²) in [6.45, 7) is 0.823. The molecule has 1 aliphatic heterocycles. The van der Waals surface area contributed by atoms with Crippen molar-refractivity contribution in [2.75, 3.05) is 13.7 Å². The molecule has 2 nitrogen and oxygen atoms in total. The van der Waals surface area contributed by atoms with Crippen molar-refractivity contribution in [1.29, 1.82) is 0 Å². The molecule has 0 bridgehead atoms. The first kappa shape index (κ1) is 13.2. The van der Waals surface area contributed by atoms with Crippen molar-refractivity contribution in [3.05, 3.63) is 65.2 Å². The minimum Gasteiger partial charge on any atom is -0.493 e. The number of rotatable bonds is 3. The molecule has 2 aromatic rings. The van der Waals surface area contributed by atoms with Gasteiger partial charge in [-0.1, -0.05) is 42.5 Å². The van der Waals surface area contributed by atoms with Gasteiger partial charge in [-0.2, -0.15) is 0 Å². The smallest absolute Gasteiger partial charge is 0.124 e. The minimum absolute atomic E-state index is 0.406. The van der Waals surface area contributed by atoms with Crippen molar-refractivity contribution in [2.45, 2.75) is 25.3 Å². The van der Waals surface area contributed by atoms with Gasteiger partial charge in [-0.25, -0.2) is 0 Å². The Morgan fingerprint density at radius 3 is 2.75 bits per heavy atom. The summed E-state index contributed by atoms with van der Waals surface area (Å²) in [5.41, 5.74) is 4.00. The second-order valence-corrected chi connectivity index (χ2v) is 5.37. The Morgan fingerprint density at radius 2 is 1.95 bits per heavy atom. The average Bonchev–Trinajstić information content (AvgIpc) is 2.70. The molecule has 1 atom stereocenters. The Labute approximate surface area is 120 Å². The predicted octanol–water partition coefficient (Wildman–Crippen LogP) is 3.71. The third-order valence-electron chi connectivity index (χ3n) is 3.94. The van der Waals surface area contributed by atoms with Crippen molar-refractivity contribution < 1.29 is 4.74 Å². The van der Waals surface area contributed by atoms with Crippen LogP contribution in [0.2, 0.25) is 0 Å². The van der Waals surface area contributed by atoms with Crippen LogP contribution in [0.25, 0.3) is 0 Å². The predicted molar refractivity (Wildman–Crippen MR) is 82.2 cm³/mol. The lowest BCUT2D eigenvalue weighted by atomic mass is 9.97. The Kier molecular flexibility index (Phi) is 4.03. The van der Waals surface area contributed by atoms with E-state index in [2.05, 4.69) is 53.8 Å². The van der Waals surface area contributed by atoms with E-state index in [9.17, 15) is 0 Å². The fraction of sp³-hybridized carbons (Fsp3) is 0.333. The number of hydrogen-bond donors (Lipinski definition) is 1. The van der Waals surface area contributed by atoms with Gasteiger partial charge in [0.15, 0.2) is 0 Å². The van der Waals surface area contributed by atoms with Crippen molar-refractivity contribution in [2.24, 2.45) is 0 Å². The quantitative estimate of drug-likeness (QED) is 0.915. The van der Waals surface area contributed by atoms with Crippen LogP contribution in [-0.2, 0) is 6.42 Å². The van der Waals surface area contributed by atoms with Crippen LogP contribution in [0.4, 0.5) is 0 Å². The highest BCUT2D eigenvalue weighted by Crippen LogP contribution is 2.32. The molecule has 0 amide bonds. The molecule has 0 fully saturated rings. The van der Waals surface area contributed by atoms with Gasteiger partial charge in [-0.15, -0.1) is 0 Å².